The number of hydrogen-bond donors (Lipinski definition) is 2. The molecule has 1 aromatic carbocycles. The second kappa shape index (κ2) is 7.12. The summed E-state index contributed by atoms with van der Waals surface area (Å²) in [5.41, 5.74) is 5.24. The van der Waals surface area contributed by atoms with Crippen molar-refractivity contribution in [2.45, 2.75) is 25.2 Å². The van der Waals surface area contributed by atoms with Gasteiger partial charge < -0.3 is 25.3 Å². The van der Waals surface area contributed by atoms with Crippen molar-refractivity contribution in [2.24, 2.45) is 5.73 Å². The van der Waals surface area contributed by atoms with Gasteiger partial charge in [0.1, 0.15) is 11.3 Å². The monoisotopic (exact) mass is 282 g/mol. The Morgan fingerprint density at radius 1 is 1.35 bits per heavy atom. The highest BCUT2D eigenvalue weighted by atomic mass is 16.7. The second-order valence-electron chi connectivity index (χ2n) is 4.66. The second-order valence-corrected chi connectivity index (χ2v) is 4.66. The Morgan fingerprint density at radius 2 is 2.00 bits per heavy atom. The molecule has 0 aliphatic carbocycles. The van der Waals surface area contributed by atoms with Crippen molar-refractivity contribution in [1.82, 2.24) is 0 Å². The third kappa shape index (κ3) is 4.11. The number of ether oxygens (including phenoxy) is 3. The van der Waals surface area contributed by atoms with Crippen molar-refractivity contribution in [3.8, 4) is 5.75 Å². The predicted molar refractivity (Wildman–Crippen MR) is 76.6 cm³/mol. The van der Waals surface area contributed by atoms with E-state index in [1.165, 1.54) is 14.2 Å². The minimum absolute atomic E-state index is 0.284. The van der Waals surface area contributed by atoms with Crippen LogP contribution >= 0.6 is 0 Å². The molecule has 0 aliphatic rings. The summed E-state index contributed by atoms with van der Waals surface area (Å²) in [4.78, 5) is 11.8. The van der Waals surface area contributed by atoms with Gasteiger partial charge in [0.15, 0.2) is 6.29 Å². The van der Waals surface area contributed by atoms with E-state index in [1.807, 2.05) is 18.2 Å². The molecule has 1 unspecified atom stereocenters. The SMILES string of the molecule is COc1cccc(NC(C)(CC(OC)OC)C(N)=O)c1. The van der Waals surface area contributed by atoms with Crippen LogP contribution in [0.1, 0.15) is 13.3 Å². The Labute approximate surface area is 119 Å². The van der Waals surface area contributed by atoms with Gasteiger partial charge in [-0.2, -0.15) is 0 Å². The first-order valence-corrected chi connectivity index (χ1v) is 6.23. The summed E-state index contributed by atoms with van der Waals surface area (Å²) in [5, 5.41) is 3.11. The third-order valence-corrected chi connectivity index (χ3v) is 3.13. The predicted octanol–water partition coefficient (Wildman–Crippen LogP) is 1.36. The number of nitrogens with one attached hydrogen (secondary N) is 1. The number of rotatable bonds is 8. The molecule has 1 aromatic rings. The lowest BCUT2D eigenvalue weighted by Crippen LogP contribution is -2.50. The zero-order valence-corrected chi connectivity index (χ0v) is 12.3. The topological polar surface area (TPSA) is 82.8 Å². The molecule has 0 spiro atoms. The standard InChI is InChI=1S/C14H22N2O4/c1-14(13(15)17,9-12(19-3)20-4)16-10-6-5-7-11(8-10)18-2/h5-8,12,16H,9H2,1-4H3,(H2,15,17). The molecule has 0 aliphatic heterocycles. The molecule has 112 valence electrons. The fraction of sp³-hybridized carbons (Fsp3) is 0.500. The molecule has 6 heteroatoms. The maximum atomic E-state index is 11.8. The molecule has 0 fully saturated rings. The Hall–Kier alpha value is -1.79. The number of methoxy groups -OCH3 is 3. The lowest BCUT2D eigenvalue weighted by atomic mass is 9.96. The van der Waals surface area contributed by atoms with Crippen LogP contribution in [0.5, 0.6) is 5.75 Å². The first-order valence-electron chi connectivity index (χ1n) is 6.23. The number of carbonyl (C=O) groups is 1. The largest absolute Gasteiger partial charge is 0.497 e. The van der Waals surface area contributed by atoms with Gasteiger partial charge in [-0.15, -0.1) is 0 Å². The van der Waals surface area contributed by atoms with E-state index in [4.69, 9.17) is 19.9 Å². The summed E-state index contributed by atoms with van der Waals surface area (Å²) in [7, 11) is 4.61. The van der Waals surface area contributed by atoms with Crippen molar-refractivity contribution in [3.63, 3.8) is 0 Å². The van der Waals surface area contributed by atoms with E-state index in [-0.39, 0.29) is 6.42 Å². The molecule has 6 nitrogen and oxygen atoms in total. The molecule has 20 heavy (non-hydrogen) atoms. The maximum absolute atomic E-state index is 11.8. The third-order valence-electron chi connectivity index (χ3n) is 3.13. The molecule has 1 atom stereocenters. The molecule has 1 rings (SSSR count). The summed E-state index contributed by atoms with van der Waals surface area (Å²) < 4.78 is 15.4. The van der Waals surface area contributed by atoms with E-state index < -0.39 is 17.7 Å². The highest BCUT2D eigenvalue weighted by Crippen LogP contribution is 2.24. The van der Waals surface area contributed by atoms with Crippen molar-refractivity contribution < 1.29 is 19.0 Å². The molecular formula is C14H22N2O4. The van der Waals surface area contributed by atoms with E-state index in [0.717, 1.165) is 5.69 Å². The average Bonchev–Trinajstić information content (AvgIpc) is 2.44. The normalized spacial score (nSPS) is 13.8. The minimum atomic E-state index is -0.997. The number of nitrogens with two attached hydrogens (primary N) is 1. The number of hydrogen-bond acceptors (Lipinski definition) is 5. The smallest absolute Gasteiger partial charge is 0.243 e. The van der Waals surface area contributed by atoms with Gasteiger partial charge in [0.2, 0.25) is 5.91 Å². The van der Waals surface area contributed by atoms with Gasteiger partial charge in [-0.3, -0.25) is 4.79 Å². The Balaban J connectivity index is 2.92. The van der Waals surface area contributed by atoms with Gasteiger partial charge in [0.05, 0.1) is 7.11 Å². The van der Waals surface area contributed by atoms with Crippen LogP contribution in [-0.2, 0) is 14.3 Å². The van der Waals surface area contributed by atoms with Gasteiger partial charge in [-0.1, -0.05) is 6.07 Å². The van der Waals surface area contributed by atoms with Crippen LogP contribution in [0, 0.1) is 0 Å². The fourth-order valence-electron chi connectivity index (χ4n) is 1.83. The Bertz CT molecular complexity index is 449. The molecule has 0 radical (unpaired) electrons. The van der Waals surface area contributed by atoms with Gasteiger partial charge in [-0.05, 0) is 19.1 Å². The fourth-order valence-corrected chi connectivity index (χ4v) is 1.83. The van der Waals surface area contributed by atoms with Gasteiger partial charge in [0, 0.05) is 32.4 Å². The van der Waals surface area contributed by atoms with E-state index in [0.29, 0.717) is 5.75 Å². The average molecular weight is 282 g/mol. The molecule has 0 saturated carbocycles. The molecule has 0 saturated heterocycles. The summed E-state index contributed by atoms with van der Waals surface area (Å²) in [6.07, 6.45) is -0.238. The number of anilines is 1. The van der Waals surface area contributed by atoms with E-state index in [2.05, 4.69) is 5.32 Å². The van der Waals surface area contributed by atoms with Crippen LogP contribution < -0.4 is 15.8 Å². The van der Waals surface area contributed by atoms with Crippen LogP contribution in [0.25, 0.3) is 0 Å². The first-order chi connectivity index (χ1) is 9.45. The lowest BCUT2D eigenvalue weighted by molar-refractivity contribution is -0.134. The maximum Gasteiger partial charge on any atom is 0.243 e. The summed E-state index contributed by atoms with van der Waals surface area (Å²) in [6.45, 7) is 1.71. The number of benzene rings is 1. The van der Waals surface area contributed by atoms with E-state index in [9.17, 15) is 4.79 Å². The number of amides is 1. The van der Waals surface area contributed by atoms with Crippen molar-refractivity contribution in [1.29, 1.82) is 0 Å². The molecule has 0 heterocycles. The first kappa shape index (κ1) is 16.3. The highest BCUT2D eigenvalue weighted by Gasteiger charge is 2.34. The van der Waals surface area contributed by atoms with Crippen LogP contribution in [0.3, 0.4) is 0 Å². The van der Waals surface area contributed by atoms with Crippen molar-refractivity contribution in [2.75, 3.05) is 26.6 Å². The summed E-state index contributed by atoms with van der Waals surface area (Å²) in [6, 6.07) is 7.26. The van der Waals surface area contributed by atoms with Crippen LogP contribution in [0.4, 0.5) is 5.69 Å². The van der Waals surface area contributed by atoms with Crippen molar-refractivity contribution in [3.05, 3.63) is 24.3 Å². The zero-order valence-electron chi connectivity index (χ0n) is 12.3. The van der Waals surface area contributed by atoms with Crippen LogP contribution in [0.2, 0.25) is 0 Å². The molecule has 3 N–H and O–H groups in total. The lowest BCUT2D eigenvalue weighted by Gasteiger charge is -2.31. The number of primary amides is 1. The molecule has 0 aromatic heterocycles. The Morgan fingerprint density at radius 3 is 2.50 bits per heavy atom. The van der Waals surface area contributed by atoms with E-state index >= 15 is 0 Å². The minimum Gasteiger partial charge on any atom is -0.497 e. The van der Waals surface area contributed by atoms with Gasteiger partial charge in [-0.25, -0.2) is 0 Å². The van der Waals surface area contributed by atoms with E-state index in [1.54, 1.807) is 20.1 Å². The van der Waals surface area contributed by atoms with Crippen LogP contribution in [-0.4, -0.2) is 39.1 Å². The highest BCUT2D eigenvalue weighted by molar-refractivity contribution is 5.87. The zero-order chi connectivity index (χ0) is 15.2. The Kier molecular flexibility index (Phi) is 5.79. The van der Waals surface area contributed by atoms with Gasteiger partial charge in [0.25, 0.3) is 0 Å². The number of carbonyl (C=O) groups excluding carboxylic acids is 1. The quantitative estimate of drug-likeness (QED) is 0.703. The molecule has 0 bridgehead atoms. The summed E-state index contributed by atoms with van der Waals surface area (Å²) in [5.74, 6) is 0.205. The summed E-state index contributed by atoms with van der Waals surface area (Å²) >= 11 is 0. The van der Waals surface area contributed by atoms with Crippen LogP contribution in [0.15, 0.2) is 24.3 Å². The van der Waals surface area contributed by atoms with Gasteiger partial charge >= 0.3 is 0 Å². The molecular weight excluding hydrogens is 260 g/mol. The van der Waals surface area contributed by atoms with Crippen molar-refractivity contribution >= 4 is 11.6 Å². The molecule has 1 amide bonds.